The minimum absolute atomic E-state index is 0.407. The summed E-state index contributed by atoms with van der Waals surface area (Å²) in [6.07, 6.45) is 13.4. The third-order valence-electron chi connectivity index (χ3n) is 7.24. The van der Waals surface area contributed by atoms with Crippen molar-refractivity contribution in [1.29, 1.82) is 0 Å². The summed E-state index contributed by atoms with van der Waals surface area (Å²) in [5.41, 5.74) is 6.79. The van der Waals surface area contributed by atoms with Crippen LogP contribution in [0.3, 0.4) is 0 Å². The van der Waals surface area contributed by atoms with E-state index < -0.39 is 0 Å². The fourth-order valence-corrected chi connectivity index (χ4v) is 5.19. The minimum Gasteiger partial charge on any atom is -0.351 e. The quantitative estimate of drug-likeness (QED) is 0.446. The molecule has 1 saturated heterocycles. The van der Waals surface area contributed by atoms with Crippen LogP contribution in [0.5, 0.6) is 0 Å². The van der Waals surface area contributed by atoms with E-state index in [1.807, 2.05) is 41.4 Å². The zero-order valence-corrected chi connectivity index (χ0v) is 21.2. The molecule has 1 N–H and O–H groups in total. The SMILES string of the molecule is O=CC1=C2C=C(c3ccccc3)N(c3ccc(CN4CCC(Nc5ncccn5)CC4)cc3)N=C2C=CC1. The number of carbonyl (C=O) groups is 1. The van der Waals surface area contributed by atoms with E-state index in [4.69, 9.17) is 5.10 Å². The van der Waals surface area contributed by atoms with E-state index in [2.05, 4.69) is 62.7 Å². The molecule has 0 amide bonds. The standard InChI is InChI=1S/C31H30N6O/c38-22-25-8-4-9-29-28(25)20-30(24-6-2-1-3-7-24)37(35-29)27-12-10-23(11-13-27)21-36-18-14-26(15-19-36)34-31-32-16-5-17-33-31/h1-7,9-13,16-17,20,22,26H,8,14-15,18-19,21H2,(H,32,33,34). The molecule has 1 aliphatic carbocycles. The predicted octanol–water partition coefficient (Wildman–Crippen LogP) is 5.23. The number of allylic oxidation sites excluding steroid dienone is 5. The Labute approximate surface area is 222 Å². The molecule has 0 bridgehead atoms. The lowest BCUT2D eigenvalue weighted by Crippen LogP contribution is -2.38. The number of benzene rings is 2. The number of anilines is 2. The summed E-state index contributed by atoms with van der Waals surface area (Å²) in [4.78, 5) is 22.8. The normalized spacial score (nSPS) is 18.1. The van der Waals surface area contributed by atoms with E-state index in [0.29, 0.717) is 18.4 Å². The Morgan fingerprint density at radius 1 is 0.947 bits per heavy atom. The largest absolute Gasteiger partial charge is 0.351 e. The highest BCUT2D eigenvalue weighted by Crippen LogP contribution is 2.34. The van der Waals surface area contributed by atoms with Crippen molar-refractivity contribution < 1.29 is 4.79 Å². The predicted molar refractivity (Wildman–Crippen MR) is 152 cm³/mol. The number of hydrogen-bond donors (Lipinski definition) is 1. The first-order valence-corrected chi connectivity index (χ1v) is 13.1. The van der Waals surface area contributed by atoms with Gasteiger partial charge in [-0.1, -0.05) is 48.5 Å². The first-order chi connectivity index (χ1) is 18.8. The molecule has 0 unspecified atom stereocenters. The molecule has 0 atom stereocenters. The van der Waals surface area contributed by atoms with Gasteiger partial charge in [0.05, 0.1) is 17.1 Å². The molecule has 2 aromatic carbocycles. The number of fused-ring (bicyclic) bond motifs is 1. The van der Waals surface area contributed by atoms with Crippen molar-refractivity contribution in [1.82, 2.24) is 14.9 Å². The molecule has 1 aromatic heterocycles. The molecule has 38 heavy (non-hydrogen) atoms. The lowest BCUT2D eigenvalue weighted by Gasteiger charge is -2.32. The van der Waals surface area contributed by atoms with Gasteiger partial charge in [0.15, 0.2) is 0 Å². The van der Waals surface area contributed by atoms with Crippen LogP contribution in [0, 0.1) is 0 Å². The number of hydrogen-bond acceptors (Lipinski definition) is 7. The second-order valence-electron chi connectivity index (χ2n) is 9.79. The lowest BCUT2D eigenvalue weighted by molar-refractivity contribution is -0.105. The molecule has 3 aliphatic rings. The number of hydrazone groups is 1. The highest BCUT2D eigenvalue weighted by atomic mass is 16.1. The van der Waals surface area contributed by atoms with Gasteiger partial charge in [-0.15, -0.1) is 0 Å². The zero-order chi connectivity index (χ0) is 25.7. The smallest absolute Gasteiger partial charge is 0.222 e. The molecule has 0 radical (unpaired) electrons. The Hall–Kier alpha value is -4.36. The van der Waals surface area contributed by atoms with E-state index in [0.717, 1.165) is 72.6 Å². The summed E-state index contributed by atoms with van der Waals surface area (Å²) in [6.45, 7) is 2.99. The van der Waals surface area contributed by atoms with Gasteiger partial charge in [-0.25, -0.2) is 15.0 Å². The number of nitrogens with one attached hydrogen (secondary N) is 1. The lowest BCUT2D eigenvalue weighted by atomic mass is 9.93. The summed E-state index contributed by atoms with van der Waals surface area (Å²) < 4.78 is 0. The fraction of sp³-hybridized carbons (Fsp3) is 0.226. The highest BCUT2D eigenvalue weighted by Gasteiger charge is 2.25. The summed E-state index contributed by atoms with van der Waals surface area (Å²) in [5.74, 6) is 0.709. The number of aldehydes is 1. The Morgan fingerprint density at radius 2 is 1.71 bits per heavy atom. The van der Waals surface area contributed by atoms with Crippen molar-refractivity contribution in [2.24, 2.45) is 5.10 Å². The molecule has 0 spiro atoms. The van der Waals surface area contributed by atoms with Crippen LogP contribution in [0.15, 0.2) is 108 Å². The van der Waals surface area contributed by atoms with Crippen LogP contribution in [0.2, 0.25) is 0 Å². The fourth-order valence-electron chi connectivity index (χ4n) is 5.19. The van der Waals surface area contributed by atoms with Crippen molar-refractivity contribution in [2.75, 3.05) is 23.4 Å². The van der Waals surface area contributed by atoms with Gasteiger partial charge in [0, 0.05) is 54.8 Å². The number of piperidine rings is 1. The van der Waals surface area contributed by atoms with Crippen molar-refractivity contribution >= 4 is 29.3 Å². The average Bonchev–Trinajstić information content (AvgIpc) is 2.98. The molecular formula is C31H30N6O. The molecule has 3 heterocycles. The topological polar surface area (TPSA) is 73.7 Å². The average molecular weight is 503 g/mol. The van der Waals surface area contributed by atoms with E-state index in [-0.39, 0.29) is 0 Å². The van der Waals surface area contributed by atoms with Gasteiger partial charge in [-0.2, -0.15) is 5.10 Å². The van der Waals surface area contributed by atoms with Gasteiger partial charge in [0.1, 0.15) is 6.29 Å². The summed E-state index contributed by atoms with van der Waals surface area (Å²) >= 11 is 0. The Bertz CT molecular complexity index is 1400. The maximum Gasteiger partial charge on any atom is 0.222 e. The van der Waals surface area contributed by atoms with Crippen LogP contribution in [-0.2, 0) is 11.3 Å². The Kier molecular flexibility index (Phi) is 6.91. The van der Waals surface area contributed by atoms with Crippen molar-refractivity contribution in [3.63, 3.8) is 0 Å². The molecule has 1 fully saturated rings. The van der Waals surface area contributed by atoms with E-state index in [1.54, 1.807) is 12.4 Å². The molecule has 3 aromatic rings. The number of rotatable bonds is 7. The molecule has 190 valence electrons. The summed E-state index contributed by atoms with van der Waals surface area (Å²) in [6, 6.07) is 21.1. The number of likely N-dealkylation sites (tertiary alicyclic amines) is 1. The summed E-state index contributed by atoms with van der Waals surface area (Å²) in [5, 5.41) is 10.4. The molecule has 7 heteroatoms. The van der Waals surface area contributed by atoms with Gasteiger partial charge in [-0.3, -0.25) is 9.69 Å². The van der Waals surface area contributed by atoms with Crippen LogP contribution in [0.1, 0.15) is 30.4 Å². The second-order valence-corrected chi connectivity index (χ2v) is 9.79. The van der Waals surface area contributed by atoms with Gasteiger partial charge in [0.2, 0.25) is 5.95 Å². The third kappa shape index (κ3) is 5.19. The number of carbonyl (C=O) groups excluding carboxylic acids is 1. The van der Waals surface area contributed by atoms with Gasteiger partial charge in [0.25, 0.3) is 0 Å². The van der Waals surface area contributed by atoms with Crippen molar-refractivity contribution in [3.05, 3.63) is 114 Å². The maximum absolute atomic E-state index is 11.7. The molecule has 2 aliphatic heterocycles. The van der Waals surface area contributed by atoms with Crippen molar-refractivity contribution in [2.45, 2.75) is 31.8 Å². The maximum atomic E-state index is 11.7. The molecule has 0 saturated carbocycles. The molecule has 7 nitrogen and oxygen atoms in total. The Balaban J connectivity index is 1.16. The number of nitrogens with zero attached hydrogens (tertiary/aromatic N) is 5. The van der Waals surface area contributed by atoms with Crippen LogP contribution in [-0.4, -0.2) is 46.0 Å². The molecular weight excluding hydrogens is 472 g/mol. The van der Waals surface area contributed by atoms with Crippen LogP contribution in [0.25, 0.3) is 5.70 Å². The number of aromatic nitrogens is 2. The van der Waals surface area contributed by atoms with Crippen LogP contribution in [0.4, 0.5) is 11.6 Å². The van der Waals surface area contributed by atoms with Gasteiger partial charge >= 0.3 is 0 Å². The van der Waals surface area contributed by atoms with E-state index in [9.17, 15) is 4.79 Å². The van der Waals surface area contributed by atoms with Crippen LogP contribution >= 0.6 is 0 Å². The first kappa shape index (κ1) is 24.0. The zero-order valence-electron chi connectivity index (χ0n) is 21.2. The summed E-state index contributed by atoms with van der Waals surface area (Å²) in [7, 11) is 0. The van der Waals surface area contributed by atoms with Crippen molar-refractivity contribution in [3.8, 4) is 0 Å². The second kappa shape index (κ2) is 10.9. The van der Waals surface area contributed by atoms with E-state index >= 15 is 0 Å². The van der Waals surface area contributed by atoms with Crippen LogP contribution < -0.4 is 10.3 Å². The van der Waals surface area contributed by atoms with Gasteiger partial charge in [-0.05, 0) is 55.2 Å². The molecule has 6 rings (SSSR count). The van der Waals surface area contributed by atoms with Gasteiger partial charge < -0.3 is 5.32 Å². The monoisotopic (exact) mass is 502 g/mol. The van der Waals surface area contributed by atoms with E-state index in [1.165, 1.54) is 5.56 Å². The first-order valence-electron chi connectivity index (χ1n) is 13.1. The minimum atomic E-state index is 0.407. The highest BCUT2D eigenvalue weighted by molar-refractivity contribution is 6.17. The Morgan fingerprint density at radius 3 is 2.45 bits per heavy atom. The third-order valence-corrected chi connectivity index (χ3v) is 7.24.